The number of rotatable bonds is 3. The van der Waals surface area contributed by atoms with E-state index in [0.717, 1.165) is 6.08 Å². The first-order valence-electron chi connectivity index (χ1n) is 6.44. The number of aliphatic hydroxyl groups excluding tert-OH is 1. The van der Waals surface area contributed by atoms with E-state index in [9.17, 15) is 19.5 Å². The van der Waals surface area contributed by atoms with Crippen LogP contribution in [0.1, 0.15) is 10.4 Å². The predicted molar refractivity (Wildman–Crippen MR) is 71.9 cm³/mol. The van der Waals surface area contributed by atoms with Gasteiger partial charge in [-0.2, -0.15) is 0 Å². The lowest BCUT2D eigenvalue weighted by Gasteiger charge is -2.17. The van der Waals surface area contributed by atoms with E-state index in [1.807, 2.05) is 0 Å². The molecule has 4 N–H and O–H groups in total. The number of hydrogen-bond donors (Lipinski definition) is 3. The van der Waals surface area contributed by atoms with Gasteiger partial charge in [-0.05, 0) is 12.1 Å². The first-order valence-corrected chi connectivity index (χ1v) is 6.44. The zero-order valence-corrected chi connectivity index (χ0v) is 11.2. The van der Waals surface area contributed by atoms with E-state index in [1.165, 1.54) is 12.1 Å². The smallest absolute Gasteiger partial charge is 0.409 e. The maximum atomic E-state index is 12.2. The quantitative estimate of drug-likeness (QED) is 0.643. The molecule has 114 valence electrons. The summed E-state index contributed by atoms with van der Waals surface area (Å²) in [5, 5.41) is 12.4. The van der Waals surface area contributed by atoms with Crippen LogP contribution in [0.5, 0.6) is 5.75 Å². The third kappa shape index (κ3) is 2.57. The van der Waals surface area contributed by atoms with Crippen molar-refractivity contribution in [2.45, 2.75) is 18.3 Å². The van der Waals surface area contributed by atoms with E-state index < -0.39 is 30.3 Å². The summed E-state index contributed by atoms with van der Waals surface area (Å²) < 4.78 is 9.74. The maximum Gasteiger partial charge on any atom is 0.409 e. The van der Waals surface area contributed by atoms with Gasteiger partial charge in [0.1, 0.15) is 24.1 Å². The highest BCUT2D eigenvalue weighted by Gasteiger charge is 2.53. The van der Waals surface area contributed by atoms with Crippen molar-refractivity contribution in [3.8, 4) is 5.75 Å². The number of ether oxygens (including phenoxy) is 2. The second kappa shape index (κ2) is 5.24. The van der Waals surface area contributed by atoms with Crippen LogP contribution in [-0.2, 0) is 9.53 Å². The molecule has 1 heterocycles. The third-order valence-electron chi connectivity index (χ3n) is 3.33. The number of fused-ring (bicyclic) bond motifs is 1. The first kappa shape index (κ1) is 14.2. The van der Waals surface area contributed by atoms with Gasteiger partial charge in [0.25, 0.3) is 5.91 Å². The molecule has 2 amide bonds. The van der Waals surface area contributed by atoms with Crippen molar-refractivity contribution in [3.63, 3.8) is 0 Å². The summed E-state index contributed by atoms with van der Waals surface area (Å²) in [5.74, 6) is -0.980. The van der Waals surface area contributed by atoms with E-state index in [0.29, 0.717) is 0 Å². The van der Waals surface area contributed by atoms with Crippen molar-refractivity contribution >= 4 is 17.8 Å². The Bertz CT molecular complexity index is 698. The molecule has 0 spiro atoms. The highest BCUT2D eigenvalue weighted by molar-refractivity contribution is 6.02. The van der Waals surface area contributed by atoms with E-state index in [1.54, 1.807) is 12.1 Å². The number of epoxide rings is 1. The third-order valence-corrected chi connectivity index (χ3v) is 3.33. The Hall–Kier alpha value is -2.71. The zero-order chi connectivity index (χ0) is 15.9. The number of carbonyl (C=O) groups excluding carboxylic acids is 3. The molecule has 3 rings (SSSR count). The van der Waals surface area contributed by atoms with Gasteiger partial charge in [-0.3, -0.25) is 9.59 Å². The summed E-state index contributed by atoms with van der Waals surface area (Å²) >= 11 is 0. The molecule has 8 nitrogen and oxygen atoms in total. The van der Waals surface area contributed by atoms with E-state index in [2.05, 4.69) is 5.32 Å². The van der Waals surface area contributed by atoms with Gasteiger partial charge in [0.2, 0.25) is 0 Å². The summed E-state index contributed by atoms with van der Waals surface area (Å²) in [6, 6.07) is 5.95. The molecule has 1 saturated heterocycles. The van der Waals surface area contributed by atoms with Crippen molar-refractivity contribution in [1.82, 2.24) is 5.32 Å². The van der Waals surface area contributed by atoms with Crippen LogP contribution in [0.3, 0.4) is 0 Å². The van der Waals surface area contributed by atoms with Crippen molar-refractivity contribution in [3.05, 3.63) is 41.6 Å². The Morgan fingerprint density at radius 2 is 2.05 bits per heavy atom. The minimum atomic E-state index is -1.09. The molecule has 1 aromatic rings. The van der Waals surface area contributed by atoms with Gasteiger partial charge >= 0.3 is 6.09 Å². The van der Waals surface area contributed by atoms with Crippen LogP contribution < -0.4 is 15.8 Å². The van der Waals surface area contributed by atoms with Crippen LogP contribution >= 0.6 is 0 Å². The van der Waals surface area contributed by atoms with E-state index in [4.69, 9.17) is 15.2 Å². The van der Waals surface area contributed by atoms with Gasteiger partial charge in [0.15, 0.2) is 5.78 Å². The molecule has 1 aliphatic heterocycles. The normalized spacial score (nSPS) is 25.8. The van der Waals surface area contributed by atoms with Crippen LogP contribution in [0.25, 0.3) is 0 Å². The second-order valence-electron chi connectivity index (χ2n) is 4.84. The largest absolute Gasteiger partial charge is 0.410 e. The van der Waals surface area contributed by atoms with Crippen molar-refractivity contribution in [2.24, 2.45) is 5.73 Å². The molecule has 0 radical (unpaired) electrons. The minimum Gasteiger partial charge on any atom is -0.410 e. The number of ketones is 1. The van der Waals surface area contributed by atoms with Gasteiger partial charge in [0.05, 0.1) is 11.3 Å². The number of carbonyl (C=O) groups is 3. The lowest BCUT2D eigenvalue weighted by Crippen LogP contribution is -2.37. The molecule has 1 aromatic carbocycles. The number of primary amides is 1. The number of amides is 2. The fourth-order valence-electron chi connectivity index (χ4n) is 2.25. The van der Waals surface area contributed by atoms with Crippen molar-refractivity contribution < 1.29 is 29.0 Å². The molecule has 8 heteroatoms. The highest BCUT2D eigenvalue weighted by Crippen LogP contribution is 2.33. The van der Waals surface area contributed by atoms with Crippen LogP contribution in [0.4, 0.5) is 4.79 Å². The Labute approximate surface area is 124 Å². The number of nitrogens with two attached hydrogens (primary N) is 1. The zero-order valence-electron chi connectivity index (χ0n) is 11.2. The lowest BCUT2D eigenvalue weighted by molar-refractivity contribution is -0.116. The fraction of sp³-hybridized carbons (Fsp3) is 0.214. The Balaban J connectivity index is 1.80. The summed E-state index contributed by atoms with van der Waals surface area (Å²) in [7, 11) is 0. The summed E-state index contributed by atoms with van der Waals surface area (Å²) in [6.45, 7) is 0. The average molecular weight is 304 g/mol. The Morgan fingerprint density at radius 1 is 1.32 bits per heavy atom. The highest BCUT2D eigenvalue weighted by atomic mass is 16.6. The SMILES string of the molecule is NC(=O)Oc1ccccc1C(=O)NC1=CC(=O)C2OC2C1O. The predicted octanol–water partition coefficient (Wildman–Crippen LogP) is -0.531. The molecular formula is C14H12N2O6. The molecule has 3 atom stereocenters. The summed E-state index contributed by atoms with van der Waals surface area (Å²) in [4.78, 5) is 34.6. The molecule has 1 aliphatic carbocycles. The summed E-state index contributed by atoms with van der Waals surface area (Å²) in [5.41, 5.74) is 5.02. The van der Waals surface area contributed by atoms with Gasteiger partial charge in [-0.1, -0.05) is 12.1 Å². The molecule has 22 heavy (non-hydrogen) atoms. The fourth-order valence-corrected chi connectivity index (χ4v) is 2.25. The lowest BCUT2D eigenvalue weighted by atomic mass is 10.0. The maximum absolute atomic E-state index is 12.2. The number of nitrogens with one attached hydrogen (secondary N) is 1. The Kier molecular flexibility index (Phi) is 3.39. The molecule has 0 saturated carbocycles. The second-order valence-corrected chi connectivity index (χ2v) is 4.84. The van der Waals surface area contributed by atoms with Crippen LogP contribution in [0.15, 0.2) is 36.0 Å². The minimum absolute atomic E-state index is 0.0229. The molecular weight excluding hydrogens is 292 g/mol. The van der Waals surface area contributed by atoms with Gasteiger partial charge in [-0.25, -0.2) is 4.79 Å². The molecule has 0 aromatic heterocycles. The number of benzene rings is 1. The Morgan fingerprint density at radius 3 is 2.77 bits per heavy atom. The van der Waals surface area contributed by atoms with Gasteiger partial charge in [-0.15, -0.1) is 0 Å². The standard InChI is InChI=1S/C14H12N2O6/c15-14(20)21-9-4-2-1-3-6(9)13(19)16-7-5-8(17)11-12(22-11)10(7)18/h1-5,10-12,18H,(H2,15,20)(H,16,19). The average Bonchev–Trinajstić information content (AvgIpc) is 3.25. The van der Waals surface area contributed by atoms with Crippen molar-refractivity contribution in [2.75, 3.05) is 0 Å². The topological polar surface area (TPSA) is 131 Å². The van der Waals surface area contributed by atoms with Crippen molar-refractivity contribution in [1.29, 1.82) is 0 Å². The van der Waals surface area contributed by atoms with Crippen LogP contribution in [0.2, 0.25) is 0 Å². The molecule has 2 aliphatic rings. The number of hydrogen-bond acceptors (Lipinski definition) is 6. The van der Waals surface area contributed by atoms with Gasteiger partial charge < -0.3 is 25.6 Å². The monoisotopic (exact) mass is 304 g/mol. The first-order chi connectivity index (χ1) is 10.5. The number of aliphatic hydroxyl groups is 1. The summed E-state index contributed by atoms with van der Waals surface area (Å²) in [6.07, 6.45) is -2.25. The number of para-hydroxylation sites is 1. The van der Waals surface area contributed by atoms with E-state index in [-0.39, 0.29) is 22.8 Å². The van der Waals surface area contributed by atoms with Crippen LogP contribution in [0, 0.1) is 0 Å². The molecule has 3 unspecified atom stereocenters. The molecule has 1 fully saturated rings. The van der Waals surface area contributed by atoms with Gasteiger partial charge in [0, 0.05) is 6.08 Å². The van der Waals surface area contributed by atoms with Crippen LogP contribution in [-0.4, -0.2) is 41.2 Å². The van der Waals surface area contributed by atoms with E-state index >= 15 is 0 Å². The molecule has 0 bridgehead atoms.